The molecule has 0 aliphatic heterocycles. The van der Waals surface area contributed by atoms with Gasteiger partial charge in [0.15, 0.2) is 5.78 Å². The lowest BCUT2D eigenvalue weighted by atomic mass is 9.97. The summed E-state index contributed by atoms with van der Waals surface area (Å²) in [7, 11) is 5.03. The Kier molecular flexibility index (Phi) is 4.40. The molecule has 1 unspecified atom stereocenters. The topological polar surface area (TPSA) is 69.2 Å². The van der Waals surface area contributed by atoms with Gasteiger partial charge in [0, 0.05) is 26.2 Å². The van der Waals surface area contributed by atoms with Crippen LogP contribution in [0.5, 0.6) is 0 Å². The number of methoxy groups -OCH3 is 2. The fourth-order valence-electron chi connectivity index (χ4n) is 3.05. The van der Waals surface area contributed by atoms with E-state index in [-0.39, 0.29) is 18.4 Å². The van der Waals surface area contributed by atoms with E-state index >= 15 is 0 Å². The fourth-order valence-corrected chi connectivity index (χ4v) is 3.05. The van der Waals surface area contributed by atoms with Gasteiger partial charge in [-0.2, -0.15) is 0 Å². The lowest BCUT2D eigenvalue weighted by Crippen LogP contribution is -2.28. The van der Waals surface area contributed by atoms with Crippen molar-refractivity contribution in [3.05, 3.63) is 53.4 Å². The molecule has 1 aliphatic carbocycles. The molecule has 1 aliphatic rings. The summed E-state index contributed by atoms with van der Waals surface area (Å²) in [5.41, 5.74) is 2.80. The summed E-state index contributed by atoms with van der Waals surface area (Å²) in [5.74, 6) is 0.700. The minimum atomic E-state index is -0.244. The first-order valence-electron chi connectivity index (χ1n) is 7.76. The molecule has 6 nitrogen and oxygen atoms in total. The molecule has 0 saturated carbocycles. The standard InChI is InChI=1S/C18H21N3O3/c1-20-13-6-4-5-7-14(13)21(18(20)19)11-15(22)12-8-9-16(23-2)17(10-12)24-3/h4-9,17,19H,10-11H2,1-3H3. The molecule has 1 atom stereocenters. The number of para-hydroxylation sites is 2. The minimum absolute atomic E-state index is 0.0155. The maximum absolute atomic E-state index is 12.7. The number of ether oxygens (including phenoxy) is 2. The number of Topliss-reactive ketones (excluding diaryl/α,β-unsaturated/α-hetero) is 1. The molecule has 0 saturated heterocycles. The summed E-state index contributed by atoms with van der Waals surface area (Å²) in [6, 6.07) is 7.72. The van der Waals surface area contributed by atoms with Gasteiger partial charge >= 0.3 is 0 Å². The van der Waals surface area contributed by atoms with Gasteiger partial charge in [0.05, 0.1) is 24.7 Å². The van der Waals surface area contributed by atoms with Gasteiger partial charge in [-0.3, -0.25) is 10.2 Å². The number of imidazole rings is 1. The number of ketones is 1. The van der Waals surface area contributed by atoms with Crippen LogP contribution < -0.4 is 5.62 Å². The number of aromatic nitrogens is 2. The van der Waals surface area contributed by atoms with Crippen LogP contribution in [0.15, 0.2) is 47.7 Å². The van der Waals surface area contributed by atoms with E-state index in [9.17, 15) is 4.79 Å². The van der Waals surface area contributed by atoms with Crippen LogP contribution in [0.4, 0.5) is 0 Å². The van der Waals surface area contributed by atoms with Gasteiger partial charge in [-0.25, -0.2) is 0 Å². The molecule has 1 heterocycles. The Morgan fingerprint density at radius 3 is 2.62 bits per heavy atom. The molecular weight excluding hydrogens is 306 g/mol. The number of carbonyl (C=O) groups excluding carboxylic acids is 1. The number of nitrogens with zero attached hydrogens (tertiary/aromatic N) is 2. The Balaban J connectivity index is 1.92. The van der Waals surface area contributed by atoms with Crippen LogP contribution >= 0.6 is 0 Å². The number of carbonyl (C=O) groups is 1. The Morgan fingerprint density at radius 1 is 1.25 bits per heavy atom. The molecular formula is C18H21N3O3. The summed E-state index contributed by atoms with van der Waals surface area (Å²) in [6.07, 6.45) is 3.80. The number of allylic oxidation sites excluding steroid dienone is 2. The maximum Gasteiger partial charge on any atom is 0.203 e. The number of aryl methyl sites for hydroxylation is 1. The van der Waals surface area contributed by atoms with Crippen LogP contribution in [-0.4, -0.2) is 35.2 Å². The molecule has 1 aromatic heterocycles. The zero-order valence-electron chi connectivity index (χ0n) is 14.1. The van der Waals surface area contributed by atoms with Crippen LogP contribution in [0, 0.1) is 5.41 Å². The van der Waals surface area contributed by atoms with Crippen molar-refractivity contribution < 1.29 is 14.3 Å². The van der Waals surface area contributed by atoms with Gasteiger partial charge < -0.3 is 18.6 Å². The maximum atomic E-state index is 12.7. The van der Waals surface area contributed by atoms with E-state index in [0.717, 1.165) is 11.0 Å². The molecule has 3 rings (SSSR count). The highest BCUT2D eigenvalue weighted by atomic mass is 16.5. The van der Waals surface area contributed by atoms with Crippen molar-refractivity contribution in [3.63, 3.8) is 0 Å². The van der Waals surface area contributed by atoms with Crippen LogP contribution in [-0.2, 0) is 27.9 Å². The van der Waals surface area contributed by atoms with E-state index in [4.69, 9.17) is 14.9 Å². The zero-order valence-corrected chi connectivity index (χ0v) is 14.1. The Hall–Kier alpha value is -2.60. The van der Waals surface area contributed by atoms with E-state index in [2.05, 4.69) is 0 Å². The number of nitrogens with one attached hydrogen (secondary N) is 1. The summed E-state index contributed by atoms with van der Waals surface area (Å²) in [5, 5.41) is 8.27. The summed E-state index contributed by atoms with van der Waals surface area (Å²) < 4.78 is 14.2. The molecule has 0 amide bonds. The van der Waals surface area contributed by atoms with E-state index < -0.39 is 0 Å². The lowest BCUT2D eigenvalue weighted by molar-refractivity contribution is -0.116. The number of rotatable bonds is 5. The molecule has 24 heavy (non-hydrogen) atoms. The molecule has 1 N–H and O–H groups in total. The minimum Gasteiger partial charge on any atom is -0.498 e. The average Bonchev–Trinajstić information content (AvgIpc) is 2.86. The highest BCUT2D eigenvalue weighted by Crippen LogP contribution is 2.23. The van der Waals surface area contributed by atoms with E-state index in [0.29, 0.717) is 23.4 Å². The van der Waals surface area contributed by atoms with Crippen molar-refractivity contribution in [3.8, 4) is 0 Å². The third kappa shape index (κ3) is 2.69. The van der Waals surface area contributed by atoms with Crippen molar-refractivity contribution in [2.75, 3.05) is 14.2 Å². The van der Waals surface area contributed by atoms with Gasteiger partial charge in [0.1, 0.15) is 11.9 Å². The van der Waals surface area contributed by atoms with Crippen LogP contribution in [0.2, 0.25) is 0 Å². The van der Waals surface area contributed by atoms with Crippen molar-refractivity contribution >= 4 is 16.8 Å². The molecule has 0 spiro atoms. The Labute approximate surface area is 140 Å². The van der Waals surface area contributed by atoms with Crippen LogP contribution in [0.25, 0.3) is 11.0 Å². The average molecular weight is 327 g/mol. The van der Waals surface area contributed by atoms with Gasteiger partial charge in [0.2, 0.25) is 5.62 Å². The number of hydrogen-bond donors (Lipinski definition) is 1. The second-order valence-corrected chi connectivity index (χ2v) is 5.77. The second kappa shape index (κ2) is 6.49. The van der Waals surface area contributed by atoms with E-state index in [1.165, 1.54) is 0 Å². The molecule has 1 aromatic carbocycles. The number of benzene rings is 1. The molecule has 0 fully saturated rings. The highest BCUT2D eigenvalue weighted by Gasteiger charge is 2.24. The van der Waals surface area contributed by atoms with Crippen molar-refractivity contribution in [2.45, 2.75) is 19.1 Å². The monoisotopic (exact) mass is 327 g/mol. The second-order valence-electron chi connectivity index (χ2n) is 5.77. The Morgan fingerprint density at radius 2 is 1.96 bits per heavy atom. The molecule has 126 valence electrons. The highest BCUT2D eigenvalue weighted by molar-refractivity contribution is 5.96. The quantitative estimate of drug-likeness (QED) is 0.912. The first kappa shape index (κ1) is 16.3. The van der Waals surface area contributed by atoms with Crippen molar-refractivity contribution in [2.24, 2.45) is 7.05 Å². The summed E-state index contributed by atoms with van der Waals surface area (Å²) in [4.78, 5) is 12.7. The van der Waals surface area contributed by atoms with Gasteiger partial charge in [-0.1, -0.05) is 18.2 Å². The van der Waals surface area contributed by atoms with Gasteiger partial charge in [-0.15, -0.1) is 0 Å². The Bertz CT molecular complexity index is 902. The third-order valence-corrected chi connectivity index (χ3v) is 4.46. The fraction of sp³-hybridized carbons (Fsp3) is 0.333. The first-order chi connectivity index (χ1) is 11.6. The number of fused-ring (bicyclic) bond motifs is 1. The molecule has 6 heteroatoms. The van der Waals surface area contributed by atoms with Crippen LogP contribution in [0.3, 0.4) is 0 Å². The van der Waals surface area contributed by atoms with Crippen molar-refractivity contribution in [1.82, 2.24) is 9.13 Å². The molecule has 0 bridgehead atoms. The lowest BCUT2D eigenvalue weighted by Gasteiger charge is -2.22. The first-order valence-corrected chi connectivity index (χ1v) is 7.76. The SMILES string of the molecule is COC1=CC=C(C(=O)Cn2c(=N)n(C)c3ccccc32)CC1OC. The molecule has 2 aromatic rings. The predicted molar refractivity (Wildman–Crippen MR) is 90.4 cm³/mol. The van der Waals surface area contributed by atoms with Crippen LogP contribution in [0.1, 0.15) is 6.42 Å². The molecule has 0 radical (unpaired) electrons. The predicted octanol–water partition coefficient (Wildman–Crippen LogP) is 1.90. The largest absolute Gasteiger partial charge is 0.498 e. The summed E-state index contributed by atoms with van der Waals surface area (Å²) >= 11 is 0. The van der Waals surface area contributed by atoms with Gasteiger partial charge in [0.25, 0.3) is 0 Å². The van der Waals surface area contributed by atoms with Crippen molar-refractivity contribution in [1.29, 1.82) is 5.41 Å². The normalized spacial score (nSPS) is 17.5. The van der Waals surface area contributed by atoms with E-state index in [1.807, 2.05) is 31.3 Å². The summed E-state index contributed by atoms with van der Waals surface area (Å²) in [6.45, 7) is 0.138. The third-order valence-electron chi connectivity index (χ3n) is 4.46. The van der Waals surface area contributed by atoms with E-state index in [1.54, 1.807) is 35.5 Å². The van der Waals surface area contributed by atoms with Gasteiger partial charge in [-0.05, 0) is 18.2 Å². The smallest absolute Gasteiger partial charge is 0.203 e. The number of hydrogen-bond acceptors (Lipinski definition) is 4. The zero-order chi connectivity index (χ0) is 17.3.